The molecule has 5 aromatic rings. The average Bonchev–Trinajstić information content (AvgIpc) is 0.684. The van der Waals surface area contributed by atoms with Crippen molar-refractivity contribution < 1.29 is 92.7 Å². The second kappa shape index (κ2) is 39.3. The summed E-state index contributed by atoms with van der Waals surface area (Å²) in [6.45, 7) is 7.05. The Kier molecular flexibility index (Phi) is 33.7. The number of rotatable bonds is 40. The van der Waals surface area contributed by atoms with E-state index in [0.29, 0.717) is 0 Å². The summed E-state index contributed by atoms with van der Waals surface area (Å²) < 4.78 is 294. The summed E-state index contributed by atoms with van der Waals surface area (Å²) in [5, 5.41) is 0. The molecule has 0 aliphatic carbocycles. The van der Waals surface area contributed by atoms with Gasteiger partial charge < -0.3 is 9.80 Å². The highest BCUT2D eigenvalue weighted by atomic mass is 19.2. The van der Waals surface area contributed by atoms with Gasteiger partial charge in [-0.25, -0.2) is 87.8 Å². The molecule has 1 unspecified atom stereocenters. The van der Waals surface area contributed by atoms with Crippen LogP contribution in [0.15, 0.2) is 24.3 Å². The van der Waals surface area contributed by atoms with E-state index in [1.54, 1.807) is 4.90 Å². The van der Waals surface area contributed by atoms with Gasteiger partial charge in [-0.15, -0.1) is 21.9 Å². The fraction of sp³-hybridized carbons (Fsp3) is 0.559. The van der Waals surface area contributed by atoms with E-state index in [1.165, 1.54) is 230 Å². The lowest BCUT2D eigenvalue weighted by atomic mass is 9.12. The fourth-order valence-electron chi connectivity index (χ4n) is 12.0. The largest absolute Gasteiger partial charge is 0.374 e. The molecular formula is C68H85BF20N2. The Morgan fingerprint density at radius 3 is 0.736 bits per heavy atom. The minimum absolute atomic E-state index is 1.18. The van der Waals surface area contributed by atoms with Crippen LogP contribution in [0.1, 0.15) is 219 Å². The molecule has 0 aromatic heterocycles. The predicted molar refractivity (Wildman–Crippen MR) is 319 cm³/mol. The van der Waals surface area contributed by atoms with Crippen molar-refractivity contribution in [3.63, 3.8) is 0 Å². The van der Waals surface area contributed by atoms with Crippen molar-refractivity contribution in [1.29, 1.82) is 0 Å². The predicted octanol–water partition coefficient (Wildman–Crippen LogP) is 19.6. The van der Waals surface area contributed by atoms with E-state index in [1.807, 2.05) is 0 Å². The molecule has 0 aliphatic heterocycles. The third-order valence-electron chi connectivity index (χ3n) is 17.2. The van der Waals surface area contributed by atoms with E-state index in [9.17, 15) is 52.7 Å². The first kappa shape index (κ1) is 78.0. The quantitative estimate of drug-likeness (QED) is 0.0135. The van der Waals surface area contributed by atoms with Crippen molar-refractivity contribution in [2.75, 3.05) is 32.1 Å². The minimum atomic E-state index is -7.22. The zero-order chi connectivity index (χ0) is 67.5. The Labute approximate surface area is 522 Å². The molecule has 0 saturated heterocycles. The molecule has 91 heavy (non-hydrogen) atoms. The summed E-state index contributed by atoms with van der Waals surface area (Å²) >= 11 is 0. The van der Waals surface area contributed by atoms with Gasteiger partial charge in [-0.05, 0) is 31.4 Å². The molecule has 5 aromatic carbocycles. The molecule has 510 valence electrons. The minimum Gasteiger partial charge on any atom is -0.374 e. The highest BCUT2D eigenvalue weighted by Gasteiger charge is 2.52. The molecule has 0 fully saturated rings. The summed E-state index contributed by atoms with van der Waals surface area (Å²) in [4.78, 5) is 4.05. The van der Waals surface area contributed by atoms with E-state index >= 15 is 35.1 Å². The number of quaternary nitrogens is 1. The van der Waals surface area contributed by atoms with Crippen LogP contribution in [0.25, 0.3) is 0 Å². The Hall–Kier alpha value is -5.48. The topological polar surface area (TPSA) is 7.68 Å². The third-order valence-corrected chi connectivity index (χ3v) is 17.2. The summed E-state index contributed by atoms with van der Waals surface area (Å²) in [5.41, 5.74) is -11.5. The van der Waals surface area contributed by atoms with Crippen LogP contribution in [0.4, 0.5) is 99.2 Å². The lowest BCUT2D eigenvalue weighted by Crippen LogP contribution is -3.03. The van der Waals surface area contributed by atoms with E-state index in [2.05, 4.69) is 57.1 Å². The average molecular weight is 1320 g/mol. The van der Waals surface area contributed by atoms with E-state index in [0.717, 1.165) is 0 Å². The zero-order valence-corrected chi connectivity index (χ0v) is 52.4. The Balaban J connectivity index is 0.000000388. The van der Waals surface area contributed by atoms with Crippen LogP contribution in [0.3, 0.4) is 0 Å². The van der Waals surface area contributed by atoms with Gasteiger partial charge in [-0.3, -0.25) is 0 Å². The van der Waals surface area contributed by atoms with Gasteiger partial charge in [0.15, 0.2) is 69.8 Å². The highest BCUT2D eigenvalue weighted by molar-refractivity contribution is 7.20. The monoisotopic (exact) mass is 1320 g/mol. The van der Waals surface area contributed by atoms with Crippen molar-refractivity contribution in [3.8, 4) is 0 Å². The Morgan fingerprint density at radius 2 is 0.495 bits per heavy atom. The third kappa shape index (κ3) is 20.3. The number of hydrogen-bond acceptors (Lipinski definition) is 1. The first-order valence-electron chi connectivity index (χ1n) is 32.3. The molecule has 0 radical (unpaired) electrons. The van der Waals surface area contributed by atoms with Crippen LogP contribution in [-0.2, 0) is 0 Å². The molecule has 2 nitrogen and oxygen atoms in total. The molecule has 0 spiro atoms. The molecule has 0 saturated carbocycles. The summed E-state index contributed by atoms with van der Waals surface area (Å²) in [6.07, 6.45) is 38.8. The number of halogens is 20. The zero-order valence-electron chi connectivity index (χ0n) is 52.4. The highest BCUT2D eigenvalue weighted by Crippen LogP contribution is 2.31. The smallest absolute Gasteiger partial charge is 0.200 e. The number of unbranched alkanes of at least 4 members (excludes halogenated alkanes) is 30. The number of nitrogens with one attached hydrogen (secondary N) is 1. The van der Waals surface area contributed by atoms with E-state index in [-0.39, 0.29) is 0 Å². The Morgan fingerprint density at radius 1 is 0.286 bits per heavy atom. The standard InChI is InChI=1S/C44H84N2.C24BF20/c1-5-7-9-11-13-15-17-19-21-23-25-27-29-31-33-35-40-45(3)43-38-37-39-44(42-43)46(4)41-36-34-32-30-28-26-24-22-20-18-16-14-12-10-8-6-2;26-5-1(6(27)14(35)21(42)13(5)34)25(2-7(28)15(36)22(43)16(37)8(2)29,3-9(30)17(38)23(44)18(39)10(3)31)4-11(32)19(40)24(45)20(41)12(4)33/h37-39,42H,5-36,40-41H2,1-4H3;/q;-1/p+1. The SMILES string of the molecule is CCCCCCCCCCCCCCCCCCN(C)c1cccc([NH+](C)CCCCCCCCCCCCCCCCCC)c1.Fc1c(F)c(F)c([B-](c2c(F)c(F)c(F)c(F)c2F)(c2c(F)c(F)c(F)c(F)c2F)c2c(F)c(F)c(F)c(F)c2F)c(F)c1F. The number of nitrogens with zero attached hydrogens (tertiary/aromatic N) is 1. The molecular weight excluding hydrogens is 1240 g/mol. The van der Waals surface area contributed by atoms with Gasteiger partial charge >= 0.3 is 0 Å². The van der Waals surface area contributed by atoms with Crippen LogP contribution in [0.5, 0.6) is 0 Å². The maximum Gasteiger partial charge on any atom is 0.200 e. The summed E-state index contributed by atoms with van der Waals surface area (Å²) in [7, 11) is 4.65. The molecule has 1 atom stereocenters. The summed E-state index contributed by atoms with van der Waals surface area (Å²) in [5.74, 6) is -71.4. The molecule has 0 aliphatic rings. The van der Waals surface area contributed by atoms with Gasteiger partial charge in [0.1, 0.15) is 58.4 Å². The Bertz CT molecular complexity index is 2630. The van der Waals surface area contributed by atoms with Gasteiger partial charge in [0.25, 0.3) is 0 Å². The molecule has 5 rings (SSSR count). The lowest BCUT2D eigenvalue weighted by Gasteiger charge is -2.44. The van der Waals surface area contributed by atoms with E-state index < -0.39 is 144 Å². The van der Waals surface area contributed by atoms with Gasteiger partial charge in [0.05, 0.1) is 13.6 Å². The first-order chi connectivity index (χ1) is 43.4. The molecule has 0 amide bonds. The number of hydrogen-bond donors (Lipinski definition) is 1. The van der Waals surface area contributed by atoms with Crippen LogP contribution >= 0.6 is 0 Å². The number of benzene rings is 5. The van der Waals surface area contributed by atoms with Crippen LogP contribution in [0.2, 0.25) is 0 Å². The summed E-state index contributed by atoms with van der Waals surface area (Å²) in [6, 6.07) is 9.34. The van der Waals surface area contributed by atoms with Gasteiger partial charge in [0, 0.05) is 25.3 Å². The second-order valence-electron chi connectivity index (χ2n) is 23.9. The molecule has 0 heterocycles. The lowest BCUT2D eigenvalue weighted by molar-refractivity contribution is -0.810. The second-order valence-corrected chi connectivity index (χ2v) is 23.9. The van der Waals surface area contributed by atoms with Gasteiger partial charge in [-0.1, -0.05) is 206 Å². The van der Waals surface area contributed by atoms with E-state index in [4.69, 9.17) is 0 Å². The van der Waals surface area contributed by atoms with Crippen molar-refractivity contribution in [1.82, 2.24) is 0 Å². The van der Waals surface area contributed by atoms with Crippen molar-refractivity contribution >= 4 is 39.4 Å². The maximum absolute atomic E-state index is 15.4. The van der Waals surface area contributed by atoms with Crippen molar-refractivity contribution in [2.45, 2.75) is 219 Å². The molecule has 23 heteroatoms. The van der Waals surface area contributed by atoms with Crippen molar-refractivity contribution in [2.24, 2.45) is 0 Å². The first-order valence-corrected chi connectivity index (χ1v) is 32.3. The fourth-order valence-corrected chi connectivity index (χ4v) is 12.0. The number of anilines is 1. The van der Waals surface area contributed by atoms with Crippen LogP contribution < -0.4 is 31.7 Å². The van der Waals surface area contributed by atoms with Crippen molar-refractivity contribution in [3.05, 3.63) is 141 Å². The van der Waals surface area contributed by atoms with Gasteiger partial charge in [-0.2, -0.15) is 0 Å². The maximum atomic E-state index is 15.4. The van der Waals surface area contributed by atoms with Gasteiger partial charge in [0.2, 0.25) is 0 Å². The molecule has 1 N–H and O–H groups in total. The van der Waals surface area contributed by atoms with Crippen LogP contribution in [-0.4, -0.2) is 33.3 Å². The molecule has 0 bridgehead atoms. The normalized spacial score (nSPS) is 12.1. The van der Waals surface area contributed by atoms with Crippen LogP contribution in [0, 0.1) is 116 Å².